The second-order valence-electron chi connectivity index (χ2n) is 8.34. The van der Waals surface area contributed by atoms with Crippen molar-refractivity contribution in [2.24, 2.45) is 0 Å². The van der Waals surface area contributed by atoms with Gasteiger partial charge in [-0.05, 0) is 65.6 Å². The molecule has 3 aromatic rings. The molecule has 192 valence electrons. The fourth-order valence-corrected chi connectivity index (χ4v) is 4.21. The Hall–Kier alpha value is -4.02. The van der Waals surface area contributed by atoms with Crippen LogP contribution in [0.15, 0.2) is 66.7 Å². The number of rotatable bonds is 6. The van der Waals surface area contributed by atoms with Gasteiger partial charge in [-0.15, -0.1) is 0 Å². The third kappa shape index (κ3) is 6.60. The van der Waals surface area contributed by atoms with E-state index in [2.05, 4.69) is 15.5 Å². The van der Waals surface area contributed by atoms with Crippen molar-refractivity contribution in [1.29, 1.82) is 0 Å². The van der Waals surface area contributed by atoms with Gasteiger partial charge in [0, 0.05) is 36.2 Å². The summed E-state index contributed by atoms with van der Waals surface area (Å²) in [7, 11) is 0. The highest BCUT2D eigenvalue weighted by Crippen LogP contribution is 2.36. The SMILES string of the molecule is O=C(/C=C/c1ccc(CN2CCc3cc(NC(=O)Nc4ccc(Cl)c(C(F)(F)F)c4)ccc32)cc1)NO. The van der Waals surface area contributed by atoms with E-state index in [1.165, 1.54) is 17.6 Å². The largest absolute Gasteiger partial charge is 0.417 e. The second kappa shape index (κ2) is 10.9. The molecule has 7 nitrogen and oxygen atoms in total. The predicted octanol–water partition coefficient (Wildman–Crippen LogP) is 6.08. The van der Waals surface area contributed by atoms with Gasteiger partial charge in [0.15, 0.2) is 0 Å². The summed E-state index contributed by atoms with van der Waals surface area (Å²) in [5.41, 5.74) is 4.96. The quantitative estimate of drug-likeness (QED) is 0.176. The Kier molecular flexibility index (Phi) is 7.70. The van der Waals surface area contributed by atoms with Gasteiger partial charge >= 0.3 is 12.2 Å². The zero-order valence-corrected chi connectivity index (χ0v) is 20.0. The van der Waals surface area contributed by atoms with E-state index < -0.39 is 28.7 Å². The topological polar surface area (TPSA) is 93.7 Å². The van der Waals surface area contributed by atoms with Crippen LogP contribution in [0.25, 0.3) is 6.08 Å². The molecule has 0 saturated carbocycles. The van der Waals surface area contributed by atoms with Crippen LogP contribution in [-0.4, -0.2) is 23.7 Å². The minimum Gasteiger partial charge on any atom is -0.367 e. The van der Waals surface area contributed by atoms with Gasteiger partial charge in [-0.3, -0.25) is 10.0 Å². The lowest BCUT2D eigenvalue weighted by atomic mass is 10.1. The first-order valence-corrected chi connectivity index (χ1v) is 11.5. The molecular formula is C26H22ClF3N4O3. The number of hydrogen-bond donors (Lipinski definition) is 4. The number of urea groups is 1. The number of fused-ring (bicyclic) bond motifs is 1. The van der Waals surface area contributed by atoms with Crippen molar-refractivity contribution in [3.63, 3.8) is 0 Å². The van der Waals surface area contributed by atoms with Crippen LogP contribution in [0.2, 0.25) is 5.02 Å². The third-order valence-electron chi connectivity index (χ3n) is 5.75. The number of carbonyl (C=O) groups excluding carboxylic acids is 2. The van der Waals surface area contributed by atoms with Crippen molar-refractivity contribution in [1.82, 2.24) is 5.48 Å². The summed E-state index contributed by atoms with van der Waals surface area (Å²) in [5.74, 6) is -0.607. The van der Waals surface area contributed by atoms with E-state index in [4.69, 9.17) is 16.8 Å². The number of hydrogen-bond acceptors (Lipinski definition) is 4. The summed E-state index contributed by atoms with van der Waals surface area (Å²) in [6, 6.07) is 15.6. The Bertz CT molecular complexity index is 1340. The van der Waals surface area contributed by atoms with Crippen LogP contribution in [0, 0.1) is 0 Å². The minimum atomic E-state index is -4.63. The fourth-order valence-electron chi connectivity index (χ4n) is 3.99. The van der Waals surface area contributed by atoms with E-state index in [0.29, 0.717) is 12.2 Å². The van der Waals surface area contributed by atoms with Crippen molar-refractivity contribution in [2.45, 2.75) is 19.1 Å². The highest BCUT2D eigenvalue weighted by Gasteiger charge is 2.33. The van der Waals surface area contributed by atoms with Crippen LogP contribution in [0.4, 0.5) is 35.0 Å². The van der Waals surface area contributed by atoms with Crippen molar-refractivity contribution < 1.29 is 28.0 Å². The summed E-state index contributed by atoms with van der Waals surface area (Å²) in [6.45, 7) is 1.45. The zero-order valence-electron chi connectivity index (χ0n) is 19.3. The normalized spacial score (nSPS) is 12.9. The summed E-state index contributed by atoms with van der Waals surface area (Å²) in [6.07, 6.45) is -1.04. The van der Waals surface area contributed by atoms with Gasteiger partial charge in [-0.1, -0.05) is 35.9 Å². The Labute approximate surface area is 215 Å². The Balaban J connectivity index is 1.37. The second-order valence-corrected chi connectivity index (χ2v) is 8.74. The lowest BCUT2D eigenvalue weighted by Gasteiger charge is -2.20. The summed E-state index contributed by atoms with van der Waals surface area (Å²) >= 11 is 5.62. The maximum atomic E-state index is 13.1. The molecule has 0 atom stereocenters. The van der Waals surface area contributed by atoms with Crippen LogP contribution < -0.4 is 21.0 Å². The molecule has 4 rings (SSSR count). The molecule has 37 heavy (non-hydrogen) atoms. The molecule has 3 amide bonds. The van der Waals surface area contributed by atoms with E-state index >= 15 is 0 Å². The first-order chi connectivity index (χ1) is 17.6. The monoisotopic (exact) mass is 530 g/mol. The molecule has 0 unspecified atom stereocenters. The first-order valence-electron chi connectivity index (χ1n) is 11.2. The summed E-state index contributed by atoms with van der Waals surface area (Å²) in [5, 5.41) is 13.2. The van der Waals surface area contributed by atoms with Gasteiger partial charge in [0.25, 0.3) is 5.91 Å². The van der Waals surface area contributed by atoms with Crippen molar-refractivity contribution >= 4 is 46.7 Å². The Morgan fingerprint density at radius 1 is 1.00 bits per heavy atom. The van der Waals surface area contributed by atoms with Gasteiger partial charge in [-0.25, -0.2) is 10.3 Å². The molecule has 0 saturated heterocycles. The van der Waals surface area contributed by atoms with E-state index in [9.17, 15) is 22.8 Å². The third-order valence-corrected chi connectivity index (χ3v) is 6.08. The van der Waals surface area contributed by atoms with E-state index in [-0.39, 0.29) is 5.69 Å². The predicted molar refractivity (Wildman–Crippen MR) is 136 cm³/mol. The number of halogens is 4. The maximum Gasteiger partial charge on any atom is 0.417 e. The molecule has 3 aromatic carbocycles. The minimum absolute atomic E-state index is 0.0280. The number of benzene rings is 3. The molecule has 0 spiro atoms. The van der Waals surface area contributed by atoms with E-state index in [1.54, 1.807) is 12.1 Å². The number of amides is 3. The molecular weight excluding hydrogens is 509 g/mol. The average molecular weight is 531 g/mol. The van der Waals surface area contributed by atoms with Crippen molar-refractivity contribution in [3.8, 4) is 0 Å². The van der Waals surface area contributed by atoms with E-state index in [1.807, 2.05) is 36.4 Å². The highest BCUT2D eigenvalue weighted by atomic mass is 35.5. The Morgan fingerprint density at radius 3 is 2.35 bits per heavy atom. The number of alkyl halides is 3. The fraction of sp³-hybridized carbons (Fsp3) is 0.154. The molecule has 1 aliphatic rings. The van der Waals surface area contributed by atoms with Gasteiger partial charge in [0.2, 0.25) is 0 Å². The lowest BCUT2D eigenvalue weighted by Crippen LogP contribution is -2.20. The molecule has 4 N–H and O–H groups in total. The zero-order chi connectivity index (χ0) is 26.6. The molecule has 0 aromatic heterocycles. The van der Waals surface area contributed by atoms with Crippen LogP contribution in [-0.2, 0) is 23.9 Å². The molecule has 0 fully saturated rings. The van der Waals surface area contributed by atoms with E-state index in [0.717, 1.165) is 47.5 Å². The molecule has 0 bridgehead atoms. The van der Waals surface area contributed by atoms with Crippen molar-refractivity contribution in [3.05, 3.63) is 94.0 Å². The number of nitrogens with one attached hydrogen (secondary N) is 3. The molecule has 0 radical (unpaired) electrons. The van der Waals surface area contributed by atoms with Gasteiger partial charge in [0.05, 0.1) is 10.6 Å². The highest BCUT2D eigenvalue weighted by molar-refractivity contribution is 6.31. The lowest BCUT2D eigenvalue weighted by molar-refractivity contribution is -0.137. The smallest absolute Gasteiger partial charge is 0.367 e. The van der Waals surface area contributed by atoms with Crippen LogP contribution >= 0.6 is 11.6 Å². The number of nitrogens with zero attached hydrogens (tertiary/aromatic N) is 1. The van der Waals surface area contributed by atoms with Crippen molar-refractivity contribution in [2.75, 3.05) is 22.1 Å². The van der Waals surface area contributed by atoms with Crippen LogP contribution in [0.3, 0.4) is 0 Å². The van der Waals surface area contributed by atoms with Gasteiger partial charge in [0.1, 0.15) is 0 Å². The summed E-state index contributed by atoms with van der Waals surface area (Å²) < 4.78 is 39.2. The standard InChI is InChI=1S/C26H22ClF3N4O3/c27-22-8-6-20(14-21(22)26(28,29)30)32-25(36)31-19-7-9-23-18(13-19)11-12-34(23)15-17-3-1-16(2-4-17)5-10-24(35)33-37/h1-10,13-14,37H,11-12,15H2,(H,33,35)(H2,31,32,36)/b10-5+. The number of carbonyl (C=O) groups is 2. The molecule has 0 aliphatic carbocycles. The molecule has 1 heterocycles. The summed E-state index contributed by atoms with van der Waals surface area (Å²) in [4.78, 5) is 25.7. The van der Waals surface area contributed by atoms with Crippen LogP contribution in [0.1, 0.15) is 22.3 Å². The van der Waals surface area contributed by atoms with Gasteiger partial charge in [-0.2, -0.15) is 13.2 Å². The van der Waals surface area contributed by atoms with Gasteiger partial charge < -0.3 is 15.5 Å². The average Bonchev–Trinajstić information content (AvgIpc) is 3.25. The van der Waals surface area contributed by atoms with Crippen LogP contribution in [0.5, 0.6) is 0 Å². The number of anilines is 3. The molecule has 1 aliphatic heterocycles. The first kappa shape index (κ1) is 26.1. The number of hydroxylamine groups is 1. The molecule has 11 heteroatoms. The maximum absolute atomic E-state index is 13.1. The Morgan fingerprint density at radius 2 is 1.68 bits per heavy atom.